The SMILES string of the molecule is CCOC(=O)c1sc(NC(=O)C=CC(=O)O)nc1C. The number of carbonyl (C=O) groups excluding carboxylic acids is 2. The van der Waals surface area contributed by atoms with Gasteiger partial charge in [0, 0.05) is 12.2 Å². The molecule has 1 rings (SSSR count). The van der Waals surface area contributed by atoms with Crippen LogP contribution in [0.1, 0.15) is 22.3 Å². The van der Waals surface area contributed by atoms with E-state index >= 15 is 0 Å². The Balaban J connectivity index is 2.76. The van der Waals surface area contributed by atoms with Gasteiger partial charge in [-0.2, -0.15) is 0 Å². The van der Waals surface area contributed by atoms with Crippen LogP contribution >= 0.6 is 11.3 Å². The monoisotopic (exact) mass is 284 g/mol. The molecule has 0 aliphatic carbocycles. The number of nitrogens with one attached hydrogen (secondary N) is 1. The van der Waals surface area contributed by atoms with E-state index in [0.29, 0.717) is 16.6 Å². The van der Waals surface area contributed by atoms with E-state index < -0.39 is 17.8 Å². The molecule has 1 heterocycles. The Morgan fingerprint density at radius 3 is 2.68 bits per heavy atom. The number of anilines is 1. The largest absolute Gasteiger partial charge is 0.478 e. The first-order valence-corrected chi connectivity index (χ1v) is 6.12. The van der Waals surface area contributed by atoms with E-state index in [9.17, 15) is 14.4 Å². The molecule has 7 nitrogen and oxygen atoms in total. The molecule has 0 bridgehead atoms. The van der Waals surface area contributed by atoms with Gasteiger partial charge < -0.3 is 9.84 Å². The van der Waals surface area contributed by atoms with Gasteiger partial charge in [0.1, 0.15) is 4.88 Å². The van der Waals surface area contributed by atoms with Crippen LogP contribution in [0.3, 0.4) is 0 Å². The number of amides is 1. The Morgan fingerprint density at radius 1 is 1.42 bits per heavy atom. The molecule has 102 valence electrons. The van der Waals surface area contributed by atoms with E-state index in [1.807, 2.05) is 0 Å². The zero-order valence-corrected chi connectivity index (χ0v) is 11.1. The van der Waals surface area contributed by atoms with Crippen molar-refractivity contribution < 1.29 is 24.2 Å². The number of carboxylic acid groups (broad SMARTS) is 1. The summed E-state index contributed by atoms with van der Waals surface area (Å²) in [6.45, 7) is 3.55. The zero-order valence-electron chi connectivity index (χ0n) is 10.3. The molecule has 1 aromatic rings. The van der Waals surface area contributed by atoms with Gasteiger partial charge in [0.25, 0.3) is 0 Å². The van der Waals surface area contributed by atoms with E-state index in [4.69, 9.17) is 9.84 Å². The zero-order chi connectivity index (χ0) is 14.4. The van der Waals surface area contributed by atoms with Crippen LogP contribution in [0.4, 0.5) is 5.13 Å². The highest BCUT2D eigenvalue weighted by molar-refractivity contribution is 7.17. The second-order valence-corrected chi connectivity index (χ2v) is 4.31. The molecule has 1 amide bonds. The van der Waals surface area contributed by atoms with Gasteiger partial charge in [-0.1, -0.05) is 11.3 Å². The van der Waals surface area contributed by atoms with Gasteiger partial charge in [0.15, 0.2) is 5.13 Å². The number of aryl methyl sites for hydroxylation is 1. The summed E-state index contributed by atoms with van der Waals surface area (Å²) in [4.78, 5) is 37.4. The Labute approximate surface area is 112 Å². The number of esters is 1. The molecule has 0 aliphatic rings. The Morgan fingerprint density at radius 2 is 2.11 bits per heavy atom. The van der Waals surface area contributed by atoms with Crippen LogP contribution in [0.15, 0.2) is 12.2 Å². The molecular formula is C11H12N2O5S. The Bertz CT molecular complexity index is 535. The molecule has 0 saturated carbocycles. The highest BCUT2D eigenvalue weighted by Crippen LogP contribution is 2.23. The third-order valence-electron chi connectivity index (χ3n) is 1.86. The normalized spacial score (nSPS) is 10.4. The minimum atomic E-state index is -1.22. The fourth-order valence-electron chi connectivity index (χ4n) is 1.13. The maximum Gasteiger partial charge on any atom is 0.350 e. The molecule has 1 aromatic heterocycles. The summed E-state index contributed by atoms with van der Waals surface area (Å²) >= 11 is 0.971. The number of carboxylic acids is 1. The number of rotatable bonds is 5. The van der Waals surface area contributed by atoms with Crippen LogP contribution in [-0.4, -0.2) is 34.5 Å². The molecule has 0 unspecified atom stereocenters. The summed E-state index contributed by atoms with van der Waals surface area (Å²) in [7, 11) is 0. The van der Waals surface area contributed by atoms with Crippen molar-refractivity contribution in [3.8, 4) is 0 Å². The maximum atomic E-state index is 11.5. The summed E-state index contributed by atoms with van der Waals surface area (Å²) in [5.74, 6) is -2.36. The van der Waals surface area contributed by atoms with Crippen molar-refractivity contribution in [2.75, 3.05) is 11.9 Å². The molecule has 8 heteroatoms. The molecule has 2 N–H and O–H groups in total. The quantitative estimate of drug-likeness (QED) is 0.622. The van der Waals surface area contributed by atoms with Crippen molar-refractivity contribution in [1.29, 1.82) is 0 Å². The maximum absolute atomic E-state index is 11.5. The lowest BCUT2D eigenvalue weighted by Crippen LogP contribution is -2.08. The third-order valence-corrected chi connectivity index (χ3v) is 2.92. The van der Waals surface area contributed by atoms with Gasteiger partial charge in [-0.15, -0.1) is 0 Å². The first-order valence-electron chi connectivity index (χ1n) is 5.30. The third kappa shape index (κ3) is 4.51. The van der Waals surface area contributed by atoms with Gasteiger partial charge in [-0.05, 0) is 13.8 Å². The average molecular weight is 284 g/mol. The second kappa shape index (κ2) is 6.64. The molecule has 0 spiro atoms. The number of hydrogen-bond acceptors (Lipinski definition) is 6. The number of ether oxygens (including phenoxy) is 1. The second-order valence-electron chi connectivity index (χ2n) is 3.31. The molecular weight excluding hydrogens is 272 g/mol. The minimum absolute atomic E-state index is 0.209. The summed E-state index contributed by atoms with van der Waals surface area (Å²) < 4.78 is 4.83. The summed E-state index contributed by atoms with van der Waals surface area (Å²) in [5.41, 5.74) is 0.445. The number of hydrogen-bond donors (Lipinski definition) is 2. The number of aliphatic carboxylic acids is 1. The fraction of sp³-hybridized carbons (Fsp3) is 0.273. The number of carbonyl (C=O) groups is 3. The lowest BCUT2D eigenvalue weighted by Gasteiger charge is -1.97. The van der Waals surface area contributed by atoms with Gasteiger partial charge in [0.05, 0.1) is 12.3 Å². The predicted octanol–water partition coefficient (Wildman–Crippen LogP) is 1.21. The summed E-state index contributed by atoms with van der Waals surface area (Å²) in [5, 5.41) is 10.9. The highest BCUT2D eigenvalue weighted by atomic mass is 32.1. The van der Waals surface area contributed by atoms with Gasteiger partial charge >= 0.3 is 11.9 Å². The molecule has 0 fully saturated rings. The van der Waals surface area contributed by atoms with Crippen molar-refractivity contribution in [3.63, 3.8) is 0 Å². The van der Waals surface area contributed by atoms with E-state index in [-0.39, 0.29) is 11.7 Å². The number of thiazole rings is 1. The van der Waals surface area contributed by atoms with Crippen LogP contribution in [0.2, 0.25) is 0 Å². The molecule has 0 aromatic carbocycles. The number of nitrogens with zero attached hydrogens (tertiary/aromatic N) is 1. The Kier molecular flexibility index (Phi) is 5.19. The van der Waals surface area contributed by atoms with E-state index in [1.54, 1.807) is 13.8 Å². The fourth-order valence-corrected chi connectivity index (χ4v) is 1.99. The smallest absolute Gasteiger partial charge is 0.350 e. The molecule has 19 heavy (non-hydrogen) atoms. The van der Waals surface area contributed by atoms with Crippen molar-refractivity contribution in [2.45, 2.75) is 13.8 Å². The van der Waals surface area contributed by atoms with Gasteiger partial charge in [0.2, 0.25) is 5.91 Å². The first kappa shape index (κ1) is 14.8. The first-order chi connectivity index (χ1) is 8.93. The van der Waals surface area contributed by atoms with Crippen LogP contribution in [0, 0.1) is 6.92 Å². The molecule has 0 atom stereocenters. The van der Waals surface area contributed by atoms with E-state index in [1.165, 1.54) is 0 Å². The van der Waals surface area contributed by atoms with Crippen molar-refractivity contribution in [1.82, 2.24) is 4.98 Å². The van der Waals surface area contributed by atoms with Crippen LogP contribution in [0.25, 0.3) is 0 Å². The Hall–Kier alpha value is -2.22. The lowest BCUT2D eigenvalue weighted by atomic mass is 10.4. The van der Waals surface area contributed by atoms with Gasteiger partial charge in [-0.25, -0.2) is 14.6 Å². The average Bonchev–Trinajstić information content (AvgIpc) is 2.68. The summed E-state index contributed by atoms with van der Waals surface area (Å²) in [6.07, 6.45) is 1.57. The lowest BCUT2D eigenvalue weighted by molar-refractivity contribution is -0.131. The van der Waals surface area contributed by atoms with Crippen molar-refractivity contribution >= 4 is 34.3 Å². The van der Waals surface area contributed by atoms with Crippen molar-refractivity contribution in [2.24, 2.45) is 0 Å². The van der Waals surface area contributed by atoms with E-state index in [0.717, 1.165) is 17.4 Å². The van der Waals surface area contributed by atoms with Crippen LogP contribution in [0.5, 0.6) is 0 Å². The van der Waals surface area contributed by atoms with Crippen molar-refractivity contribution in [3.05, 3.63) is 22.7 Å². The summed E-state index contributed by atoms with van der Waals surface area (Å²) in [6, 6.07) is 0. The molecule has 0 radical (unpaired) electrons. The topological polar surface area (TPSA) is 106 Å². The van der Waals surface area contributed by atoms with Gasteiger partial charge in [-0.3, -0.25) is 10.1 Å². The minimum Gasteiger partial charge on any atom is -0.478 e. The van der Waals surface area contributed by atoms with E-state index in [2.05, 4.69) is 10.3 Å². The predicted molar refractivity (Wildman–Crippen MR) is 68.2 cm³/mol. The highest BCUT2D eigenvalue weighted by Gasteiger charge is 2.16. The number of aromatic nitrogens is 1. The standard InChI is InChI=1S/C11H12N2O5S/c1-3-18-10(17)9-6(2)12-11(19-9)13-7(14)4-5-8(15)16/h4-5H,3H2,1-2H3,(H,15,16)(H,12,13,14). The van der Waals surface area contributed by atoms with Crippen LogP contribution in [-0.2, 0) is 14.3 Å². The molecule has 0 aliphatic heterocycles. The molecule has 0 saturated heterocycles. The van der Waals surface area contributed by atoms with Crippen LogP contribution < -0.4 is 5.32 Å².